The number of aromatic hydroxyl groups is 1. The molecule has 2 aromatic rings. The van der Waals surface area contributed by atoms with Crippen LogP contribution in [-0.4, -0.2) is 36.1 Å². The lowest BCUT2D eigenvalue weighted by molar-refractivity contribution is 0.0236. The molecule has 1 unspecified atom stereocenters. The number of phenolic OH excluding ortho intramolecular Hbond substituents is 1. The molecule has 7 nitrogen and oxygen atoms in total. The summed E-state index contributed by atoms with van der Waals surface area (Å²) in [6, 6.07) is 7.31. The molecule has 3 aliphatic heterocycles. The van der Waals surface area contributed by atoms with Gasteiger partial charge in [0.15, 0.2) is 0 Å². The van der Waals surface area contributed by atoms with E-state index in [0.29, 0.717) is 47.1 Å². The van der Waals surface area contributed by atoms with Crippen molar-refractivity contribution in [2.45, 2.75) is 32.2 Å². The molecule has 7 heteroatoms. The van der Waals surface area contributed by atoms with E-state index < -0.39 is 0 Å². The normalized spacial score (nSPS) is 21.2. The van der Waals surface area contributed by atoms with Gasteiger partial charge in [-0.1, -0.05) is 6.58 Å². The van der Waals surface area contributed by atoms with Crippen LogP contribution in [0.5, 0.6) is 23.0 Å². The average Bonchev–Trinajstić information content (AvgIpc) is 3.38. The van der Waals surface area contributed by atoms with Crippen LogP contribution in [0.15, 0.2) is 36.4 Å². The number of nitrogens with one attached hydrogen (secondary N) is 1. The number of hydrogen-bond acceptors (Lipinski definition) is 7. The van der Waals surface area contributed by atoms with E-state index in [4.69, 9.17) is 19.0 Å². The van der Waals surface area contributed by atoms with Gasteiger partial charge in [0, 0.05) is 34.2 Å². The largest absolute Gasteiger partial charge is 0.507 e. The standard InChI is InChI=1S/C23H23NO6/c1-11(2)17-8-15-16(29-17)5-4-13(23(15)26)22-21-14-7-18(27-3)12(9-25)6-19(14)28-10-20(21)30-24-22/h4-7,17,20,24-26H,1,8-10H2,2-3H3/t17-,20?/m1/s1. The van der Waals surface area contributed by atoms with E-state index in [1.165, 1.54) is 0 Å². The molecule has 0 fully saturated rings. The summed E-state index contributed by atoms with van der Waals surface area (Å²) in [5.41, 5.74) is 8.30. The van der Waals surface area contributed by atoms with Gasteiger partial charge in [0.05, 0.1) is 19.4 Å². The van der Waals surface area contributed by atoms with Crippen molar-refractivity contribution in [3.63, 3.8) is 0 Å². The summed E-state index contributed by atoms with van der Waals surface area (Å²) in [6.07, 6.45) is 0.110. The maximum absolute atomic E-state index is 11.1. The van der Waals surface area contributed by atoms with E-state index >= 15 is 0 Å². The van der Waals surface area contributed by atoms with Gasteiger partial charge in [-0.2, -0.15) is 0 Å². The maximum atomic E-state index is 11.1. The molecule has 3 N–H and O–H groups in total. The second-order valence-electron chi connectivity index (χ2n) is 7.72. The van der Waals surface area contributed by atoms with Crippen molar-refractivity contribution in [1.29, 1.82) is 0 Å². The van der Waals surface area contributed by atoms with Crippen molar-refractivity contribution in [2.24, 2.45) is 0 Å². The molecule has 0 aliphatic carbocycles. The van der Waals surface area contributed by atoms with Crippen molar-refractivity contribution in [3.05, 3.63) is 58.7 Å². The van der Waals surface area contributed by atoms with Gasteiger partial charge in [0.25, 0.3) is 0 Å². The molecule has 5 rings (SSSR count). The number of ether oxygens (including phenoxy) is 3. The van der Waals surface area contributed by atoms with Crippen LogP contribution in [0.2, 0.25) is 0 Å². The Hall–Kier alpha value is -3.16. The first kappa shape index (κ1) is 18.8. The zero-order chi connectivity index (χ0) is 21.0. The fraction of sp³-hybridized carbons (Fsp3) is 0.304. The van der Waals surface area contributed by atoms with Crippen LogP contribution < -0.4 is 19.7 Å². The Morgan fingerprint density at radius 2 is 2.10 bits per heavy atom. The molecule has 0 saturated heterocycles. The van der Waals surface area contributed by atoms with Gasteiger partial charge in [-0.25, -0.2) is 0 Å². The lowest BCUT2D eigenvalue weighted by atomic mass is 9.91. The second kappa shape index (κ2) is 6.97. The summed E-state index contributed by atoms with van der Waals surface area (Å²) in [4.78, 5) is 5.75. The first-order valence-electron chi connectivity index (χ1n) is 9.79. The quantitative estimate of drug-likeness (QED) is 0.669. The highest BCUT2D eigenvalue weighted by atomic mass is 16.7. The summed E-state index contributed by atoms with van der Waals surface area (Å²) in [7, 11) is 1.56. The lowest BCUT2D eigenvalue weighted by Crippen LogP contribution is -2.25. The van der Waals surface area contributed by atoms with Gasteiger partial charge >= 0.3 is 0 Å². The highest BCUT2D eigenvalue weighted by Crippen LogP contribution is 2.47. The summed E-state index contributed by atoms with van der Waals surface area (Å²) in [5, 5.41) is 20.7. The van der Waals surface area contributed by atoms with E-state index in [1.807, 2.05) is 25.1 Å². The first-order valence-corrected chi connectivity index (χ1v) is 9.79. The molecule has 2 atom stereocenters. The van der Waals surface area contributed by atoms with Crippen LogP contribution in [-0.2, 0) is 17.9 Å². The van der Waals surface area contributed by atoms with Crippen LogP contribution in [0.1, 0.15) is 29.2 Å². The van der Waals surface area contributed by atoms with E-state index in [0.717, 1.165) is 22.3 Å². The smallest absolute Gasteiger partial charge is 0.147 e. The Morgan fingerprint density at radius 3 is 2.83 bits per heavy atom. The van der Waals surface area contributed by atoms with E-state index in [1.54, 1.807) is 13.2 Å². The number of aliphatic hydroxyl groups excluding tert-OH is 1. The number of hydroxylamine groups is 1. The molecule has 0 spiro atoms. The number of benzene rings is 2. The van der Waals surface area contributed by atoms with E-state index in [2.05, 4.69) is 12.1 Å². The second-order valence-corrected chi connectivity index (χ2v) is 7.72. The molecule has 30 heavy (non-hydrogen) atoms. The highest BCUT2D eigenvalue weighted by molar-refractivity contribution is 5.97. The fourth-order valence-electron chi connectivity index (χ4n) is 4.22. The van der Waals surface area contributed by atoms with Gasteiger partial charge in [0.2, 0.25) is 0 Å². The van der Waals surface area contributed by atoms with Crippen molar-refractivity contribution < 1.29 is 29.3 Å². The third-order valence-corrected chi connectivity index (χ3v) is 5.85. The Kier molecular flexibility index (Phi) is 4.38. The van der Waals surface area contributed by atoms with Crippen LogP contribution in [0.3, 0.4) is 0 Å². The van der Waals surface area contributed by atoms with Gasteiger partial charge < -0.3 is 24.4 Å². The minimum atomic E-state index is -0.329. The van der Waals surface area contributed by atoms with Crippen LogP contribution >= 0.6 is 0 Å². The SMILES string of the molecule is C=C(C)[C@H]1Cc2c(ccc(C3=C4c5cc(OC)c(CO)cc5OCC4ON3)c2O)O1. The lowest BCUT2D eigenvalue weighted by Gasteiger charge is -2.25. The number of phenols is 1. The zero-order valence-corrected chi connectivity index (χ0v) is 16.8. The molecule has 0 aromatic heterocycles. The molecule has 0 saturated carbocycles. The number of aliphatic hydroxyl groups is 1. The number of methoxy groups -OCH3 is 1. The Balaban J connectivity index is 1.65. The van der Waals surface area contributed by atoms with Crippen molar-refractivity contribution in [2.75, 3.05) is 13.7 Å². The third-order valence-electron chi connectivity index (χ3n) is 5.85. The van der Waals surface area contributed by atoms with Gasteiger partial charge in [-0.3, -0.25) is 10.3 Å². The summed E-state index contributed by atoms with van der Waals surface area (Å²) in [6.45, 7) is 6.06. The number of rotatable bonds is 4. The molecule has 3 aliphatic rings. The van der Waals surface area contributed by atoms with Crippen molar-refractivity contribution in [1.82, 2.24) is 5.48 Å². The zero-order valence-electron chi connectivity index (χ0n) is 16.8. The Bertz CT molecular complexity index is 1090. The highest BCUT2D eigenvalue weighted by Gasteiger charge is 2.37. The first-order chi connectivity index (χ1) is 14.5. The molecule has 0 radical (unpaired) electrons. The molecule has 2 aromatic carbocycles. The molecule has 3 heterocycles. The van der Waals surface area contributed by atoms with Crippen molar-refractivity contribution >= 4 is 11.3 Å². The van der Waals surface area contributed by atoms with Crippen molar-refractivity contribution in [3.8, 4) is 23.0 Å². The van der Waals surface area contributed by atoms with E-state index in [9.17, 15) is 10.2 Å². The molecule has 0 bridgehead atoms. The number of fused-ring (bicyclic) bond motifs is 4. The van der Waals surface area contributed by atoms with Crippen LogP contribution in [0.25, 0.3) is 11.3 Å². The summed E-state index contributed by atoms with van der Waals surface area (Å²) in [5.74, 6) is 2.05. The topological polar surface area (TPSA) is 89.4 Å². The average molecular weight is 409 g/mol. The number of hydrogen-bond donors (Lipinski definition) is 3. The summed E-state index contributed by atoms with van der Waals surface area (Å²) < 4.78 is 17.2. The predicted octanol–water partition coefficient (Wildman–Crippen LogP) is 2.94. The van der Waals surface area contributed by atoms with E-state index in [-0.39, 0.29) is 24.6 Å². The third kappa shape index (κ3) is 2.74. The summed E-state index contributed by atoms with van der Waals surface area (Å²) >= 11 is 0. The Labute approximate surface area is 174 Å². The van der Waals surface area contributed by atoms with Gasteiger partial charge in [-0.15, -0.1) is 0 Å². The monoisotopic (exact) mass is 409 g/mol. The van der Waals surface area contributed by atoms with Gasteiger partial charge in [0.1, 0.15) is 41.8 Å². The fourth-order valence-corrected chi connectivity index (χ4v) is 4.22. The maximum Gasteiger partial charge on any atom is 0.147 e. The molecular weight excluding hydrogens is 386 g/mol. The molecular formula is C23H23NO6. The molecule has 0 amide bonds. The predicted molar refractivity (Wildman–Crippen MR) is 110 cm³/mol. The molecule has 156 valence electrons. The Morgan fingerprint density at radius 1 is 1.27 bits per heavy atom. The van der Waals surface area contributed by atoms with Crippen LogP contribution in [0, 0.1) is 0 Å². The minimum absolute atomic E-state index is 0.135. The minimum Gasteiger partial charge on any atom is -0.507 e. The van der Waals surface area contributed by atoms with Crippen LogP contribution in [0.4, 0.5) is 0 Å². The van der Waals surface area contributed by atoms with Gasteiger partial charge in [-0.05, 0) is 36.8 Å².